The SMILES string of the molecule is Cc1csc(C(NC(C)C)c2ccc(Cl)c(Cl)c2)n1. The molecule has 1 aromatic carbocycles. The van der Waals surface area contributed by atoms with Crippen LogP contribution in [-0.2, 0) is 0 Å². The summed E-state index contributed by atoms with van der Waals surface area (Å²) in [6, 6.07) is 6.12. The van der Waals surface area contributed by atoms with Crippen LogP contribution in [0.15, 0.2) is 23.6 Å². The maximum Gasteiger partial charge on any atom is 0.114 e. The van der Waals surface area contributed by atoms with Crippen LogP contribution in [0.2, 0.25) is 10.0 Å². The average molecular weight is 315 g/mol. The first-order chi connectivity index (χ1) is 8.97. The predicted octanol–water partition coefficient (Wildman–Crippen LogP) is 4.85. The molecule has 1 atom stereocenters. The number of nitrogens with zero attached hydrogens (tertiary/aromatic N) is 1. The molecule has 2 nitrogen and oxygen atoms in total. The molecule has 1 N–H and O–H groups in total. The van der Waals surface area contributed by atoms with Crippen LogP contribution in [-0.4, -0.2) is 11.0 Å². The lowest BCUT2D eigenvalue weighted by Crippen LogP contribution is -2.28. The highest BCUT2D eigenvalue weighted by molar-refractivity contribution is 7.09. The second kappa shape index (κ2) is 6.23. The normalized spacial score (nSPS) is 12.9. The molecule has 1 heterocycles. The highest BCUT2D eigenvalue weighted by atomic mass is 35.5. The van der Waals surface area contributed by atoms with Gasteiger partial charge in [-0.1, -0.05) is 29.3 Å². The summed E-state index contributed by atoms with van der Waals surface area (Å²) in [5, 5.41) is 7.77. The van der Waals surface area contributed by atoms with Gasteiger partial charge in [0, 0.05) is 17.1 Å². The van der Waals surface area contributed by atoms with Crippen LogP contribution < -0.4 is 5.32 Å². The van der Waals surface area contributed by atoms with Crippen molar-refractivity contribution < 1.29 is 0 Å². The quantitative estimate of drug-likeness (QED) is 0.873. The third kappa shape index (κ3) is 3.69. The summed E-state index contributed by atoms with van der Waals surface area (Å²) in [5.41, 5.74) is 2.12. The number of hydrogen-bond acceptors (Lipinski definition) is 3. The van der Waals surface area contributed by atoms with E-state index >= 15 is 0 Å². The molecule has 2 rings (SSSR count). The summed E-state index contributed by atoms with van der Waals surface area (Å²) in [5.74, 6) is 0. The average Bonchev–Trinajstić information content (AvgIpc) is 2.76. The van der Waals surface area contributed by atoms with Crippen LogP contribution in [0.4, 0.5) is 0 Å². The molecular weight excluding hydrogens is 299 g/mol. The minimum absolute atomic E-state index is 0.0495. The van der Waals surface area contributed by atoms with E-state index in [-0.39, 0.29) is 6.04 Å². The van der Waals surface area contributed by atoms with E-state index in [0.717, 1.165) is 16.3 Å². The maximum atomic E-state index is 6.11. The largest absolute Gasteiger partial charge is 0.302 e. The molecule has 0 aliphatic carbocycles. The molecule has 2 aromatic rings. The smallest absolute Gasteiger partial charge is 0.114 e. The third-order valence-electron chi connectivity index (χ3n) is 2.66. The van der Waals surface area contributed by atoms with Crippen molar-refractivity contribution in [1.29, 1.82) is 0 Å². The number of hydrogen-bond donors (Lipinski definition) is 1. The van der Waals surface area contributed by atoms with E-state index < -0.39 is 0 Å². The molecule has 0 fully saturated rings. The third-order valence-corrected chi connectivity index (χ3v) is 4.43. The summed E-state index contributed by atoms with van der Waals surface area (Å²) in [6.07, 6.45) is 0. The van der Waals surface area contributed by atoms with Crippen LogP contribution >= 0.6 is 34.5 Å². The van der Waals surface area contributed by atoms with Crippen molar-refractivity contribution in [2.24, 2.45) is 0 Å². The molecule has 0 saturated heterocycles. The van der Waals surface area contributed by atoms with E-state index in [2.05, 4.69) is 29.5 Å². The summed E-state index contributed by atoms with van der Waals surface area (Å²) < 4.78 is 0. The van der Waals surface area contributed by atoms with Crippen LogP contribution in [0.3, 0.4) is 0 Å². The van der Waals surface area contributed by atoms with E-state index in [9.17, 15) is 0 Å². The summed E-state index contributed by atoms with van der Waals surface area (Å²) >= 11 is 13.7. The van der Waals surface area contributed by atoms with Gasteiger partial charge in [0.2, 0.25) is 0 Å². The predicted molar refractivity (Wildman–Crippen MR) is 83.4 cm³/mol. The summed E-state index contributed by atoms with van der Waals surface area (Å²) in [4.78, 5) is 4.57. The van der Waals surface area contributed by atoms with Gasteiger partial charge in [-0.05, 0) is 38.5 Å². The van der Waals surface area contributed by atoms with Gasteiger partial charge in [-0.2, -0.15) is 0 Å². The first-order valence-corrected chi connectivity index (χ1v) is 7.74. The summed E-state index contributed by atoms with van der Waals surface area (Å²) in [7, 11) is 0. The molecule has 0 aliphatic rings. The van der Waals surface area contributed by atoms with Gasteiger partial charge in [0.1, 0.15) is 5.01 Å². The zero-order chi connectivity index (χ0) is 14.0. The Bertz CT molecular complexity index is 566. The molecule has 0 radical (unpaired) electrons. The Morgan fingerprint density at radius 1 is 1.21 bits per heavy atom. The Morgan fingerprint density at radius 3 is 2.47 bits per heavy atom. The van der Waals surface area contributed by atoms with E-state index in [0.29, 0.717) is 16.1 Å². The molecule has 1 aromatic heterocycles. The molecule has 0 saturated carbocycles. The van der Waals surface area contributed by atoms with Crippen molar-refractivity contribution >= 4 is 34.5 Å². The number of rotatable bonds is 4. The van der Waals surface area contributed by atoms with E-state index in [1.165, 1.54) is 0 Å². The van der Waals surface area contributed by atoms with Gasteiger partial charge in [0.25, 0.3) is 0 Å². The van der Waals surface area contributed by atoms with Crippen LogP contribution in [0, 0.1) is 6.92 Å². The summed E-state index contributed by atoms with van der Waals surface area (Å²) in [6.45, 7) is 6.23. The minimum atomic E-state index is 0.0495. The first kappa shape index (κ1) is 14.8. The fourth-order valence-electron chi connectivity index (χ4n) is 1.84. The topological polar surface area (TPSA) is 24.9 Å². The number of nitrogens with one attached hydrogen (secondary N) is 1. The van der Waals surface area contributed by atoms with Crippen molar-refractivity contribution in [2.75, 3.05) is 0 Å². The second-order valence-corrected chi connectivity index (χ2v) is 6.46. The molecule has 0 spiro atoms. The van der Waals surface area contributed by atoms with Crippen molar-refractivity contribution in [3.8, 4) is 0 Å². The Balaban J connectivity index is 2.39. The highest BCUT2D eigenvalue weighted by Crippen LogP contribution is 2.30. The molecule has 5 heteroatoms. The lowest BCUT2D eigenvalue weighted by atomic mass is 10.1. The zero-order valence-corrected chi connectivity index (χ0v) is 13.4. The fourth-order valence-corrected chi connectivity index (χ4v) is 3.03. The zero-order valence-electron chi connectivity index (χ0n) is 11.1. The standard InChI is InChI=1S/C14H16Cl2N2S/c1-8(2)17-13(14-18-9(3)7-19-14)10-4-5-11(15)12(16)6-10/h4-8,13,17H,1-3H3. The Labute approximate surface area is 127 Å². The van der Waals surface area contributed by atoms with E-state index in [1.54, 1.807) is 11.3 Å². The lowest BCUT2D eigenvalue weighted by Gasteiger charge is -2.20. The number of halogens is 2. The van der Waals surface area contributed by atoms with Gasteiger partial charge in [-0.25, -0.2) is 4.98 Å². The van der Waals surface area contributed by atoms with Gasteiger partial charge in [-0.3, -0.25) is 0 Å². The van der Waals surface area contributed by atoms with Crippen LogP contribution in [0.25, 0.3) is 0 Å². The Kier molecular flexibility index (Phi) is 4.85. The van der Waals surface area contributed by atoms with Crippen molar-refractivity contribution in [1.82, 2.24) is 10.3 Å². The molecule has 0 amide bonds. The van der Waals surface area contributed by atoms with Gasteiger partial charge in [-0.15, -0.1) is 11.3 Å². The van der Waals surface area contributed by atoms with Crippen molar-refractivity contribution in [2.45, 2.75) is 32.9 Å². The van der Waals surface area contributed by atoms with Crippen molar-refractivity contribution in [3.05, 3.63) is 49.9 Å². The Morgan fingerprint density at radius 2 is 1.95 bits per heavy atom. The molecule has 0 bridgehead atoms. The van der Waals surface area contributed by atoms with Gasteiger partial charge >= 0.3 is 0 Å². The minimum Gasteiger partial charge on any atom is -0.302 e. The van der Waals surface area contributed by atoms with Crippen LogP contribution in [0.5, 0.6) is 0 Å². The second-order valence-electron chi connectivity index (χ2n) is 4.76. The van der Waals surface area contributed by atoms with Gasteiger partial charge < -0.3 is 5.32 Å². The number of aryl methyl sites for hydroxylation is 1. The molecule has 0 aliphatic heterocycles. The number of thiazole rings is 1. The fraction of sp³-hybridized carbons (Fsp3) is 0.357. The monoisotopic (exact) mass is 314 g/mol. The number of aromatic nitrogens is 1. The van der Waals surface area contributed by atoms with E-state index in [4.69, 9.17) is 23.2 Å². The van der Waals surface area contributed by atoms with E-state index in [1.807, 2.05) is 25.1 Å². The molecule has 1 unspecified atom stereocenters. The maximum absolute atomic E-state index is 6.11. The van der Waals surface area contributed by atoms with Gasteiger partial charge in [0.15, 0.2) is 0 Å². The molecule has 19 heavy (non-hydrogen) atoms. The van der Waals surface area contributed by atoms with Crippen LogP contribution in [0.1, 0.15) is 36.2 Å². The van der Waals surface area contributed by atoms with Crippen molar-refractivity contribution in [3.63, 3.8) is 0 Å². The Hall–Kier alpha value is -0.610. The molecule has 102 valence electrons. The number of benzene rings is 1. The first-order valence-electron chi connectivity index (χ1n) is 6.10. The highest BCUT2D eigenvalue weighted by Gasteiger charge is 2.19. The van der Waals surface area contributed by atoms with Gasteiger partial charge in [0.05, 0.1) is 16.1 Å². The lowest BCUT2D eigenvalue weighted by molar-refractivity contribution is 0.526. The molecular formula is C14H16Cl2N2S.